The van der Waals surface area contributed by atoms with Gasteiger partial charge in [-0.1, -0.05) is 41.9 Å². The predicted octanol–water partition coefficient (Wildman–Crippen LogP) is 5.69. The van der Waals surface area contributed by atoms with E-state index in [4.69, 9.17) is 26.9 Å². The summed E-state index contributed by atoms with van der Waals surface area (Å²) >= 11 is 5.88. The zero-order valence-electron chi connectivity index (χ0n) is 22.7. The van der Waals surface area contributed by atoms with Crippen LogP contribution in [0.15, 0.2) is 90.2 Å². The zero-order chi connectivity index (χ0) is 31.1. The van der Waals surface area contributed by atoms with Crippen LogP contribution >= 0.6 is 11.6 Å². The molecule has 0 saturated carbocycles. The molecule has 1 aliphatic rings. The van der Waals surface area contributed by atoms with Crippen molar-refractivity contribution in [3.8, 4) is 0 Å². The third-order valence-electron chi connectivity index (χ3n) is 6.33. The fraction of sp³-hybridized carbons (Fsp3) is 0.0968. The van der Waals surface area contributed by atoms with Crippen LogP contribution in [-0.2, 0) is 0 Å². The number of amides is 1. The lowest BCUT2D eigenvalue weighted by Gasteiger charge is -2.15. The molecule has 1 aliphatic heterocycles. The number of hydrogen-bond acceptors (Lipinski definition) is 7. The summed E-state index contributed by atoms with van der Waals surface area (Å²) in [5.74, 6) is -3.56. The normalized spacial score (nSPS) is 12.0. The van der Waals surface area contributed by atoms with Gasteiger partial charge >= 0.3 is 17.9 Å². The molecule has 0 radical (unpaired) electrons. The molecule has 218 valence electrons. The topological polar surface area (TPSA) is 169 Å². The molecule has 0 atom stereocenters. The number of pyridine rings is 1. The molecule has 0 aliphatic carbocycles. The van der Waals surface area contributed by atoms with Crippen molar-refractivity contribution in [2.24, 2.45) is 5.10 Å². The number of aryl methyl sites for hydroxylation is 1. The molecule has 1 amide bonds. The van der Waals surface area contributed by atoms with Gasteiger partial charge in [-0.25, -0.2) is 19.4 Å². The minimum Gasteiger partial charge on any atom is -0.478 e. The Balaban J connectivity index is 0.000000203. The average Bonchev–Trinajstić information content (AvgIpc) is 3.49. The number of nitrogens with zero attached hydrogens (tertiary/aromatic N) is 3. The second kappa shape index (κ2) is 13.4. The number of nitrogens with one attached hydrogen (secondary N) is 1. The van der Waals surface area contributed by atoms with Gasteiger partial charge in [-0.2, -0.15) is 5.10 Å². The molecule has 0 saturated heterocycles. The number of benzene rings is 3. The lowest BCUT2D eigenvalue weighted by atomic mass is 10.1. The van der Waals surface area contributed by atoms with Gasteiger partial charge in [0.25, 0.3) is 5.91 Å². The largest absolute Gasteiger partial charge is 0.478 e. The number of rotatable bonds is 7. The van der Waals surface area contributed by atoms with E-state index in [0.717, 1.165) is 22.9 Å². The van der Waals surface area contributed by atoms with Crippen LogP contribution in [0, 0.1) is 6.92 Å². The van der Waals surface area contributed by atoms with E-state index in [1.807, 2.05) is 25.1 Å². The summed E-state index contributed by atoms with van der Waals surface area (Å²) in [4.78, 5) is 49.6. The van der Waals surface area contributed by atoms with Crippen molar-refractivity contribution >= 4 is 52.6 Å². The number of carboxylic acids is 3. The first-order chi connectivity index (χ1) is 20.5. The molecule has 0 bridgehead atoms. The van der Waals surface area contributed by atoms with Crippen LogP contribution < -0.4 is 10.3 Å². The van der Waals surface area contributed by atoms with E-state index in [0.29, 0.717) is 29.5 Å². The van der Waals surface area contributed by atoms with Gasteiger partial charge in [0.1, 0.15) is 5.82 Å². The Morgan fingerprint density at radius 1 is 0.814 bits per heavy atom. The molecule has 2 heterocycles. The van der Waals surface area contributed by atoms with Gasteiger partial charge in [-0.3, -0.25) is 9.80 Å². The van der Waals surface area contributed by atoms with E-state index in [2.05, 4.69) is 15.4 Å². The summed E-state index contributed by atoms with van der Waals surface area (Å²) < 4.78 is 0. The number of halogens is 1. The molecule has 11 nitrogen and oxygen atoms in total. The van der Waals surface area contributed by atoms with Gasteiger partial charge in [0, 0.05) is 24.2 Å². The highest BCUT2D eigenvalue weighted by molar-refractivity contribution is 6.30. The monoisotopic (exact) mass is 600 g/mol. The smallest absolute Gasteiger partial charge is 0.336 e. The molecule has 43 heavy (non-hydrogen) atoms. The van der Waals surface area contributed by atoms with E-state index in [-0.39, 0.29) is 22.3 Å². The van der Waals surface area contributed by atoms with E-state index in [1.165, 1.54) is 24.3 Å². The van der Waals surface area contributed by atoms with E-state index < -0.39 is 23.8 Å². The molecule has 1 aromatic heterocycles. The number of aromatic nitrogens is 1. The van der Waals surface area contributed by atoms with Crippen molar-refractivity contribution in [1.82, 2.24) is 4.98 Å². The van der Waals surface area contributed by atoms with Crippen LogP contribution in [-0.4, -0.2) is 56.4 Å². The molecule has 0 unspecified atom stereocenters. The van der Waals surface area contributed by atoms with Crippen LogP contribution in [0.4, 0.5) is 11.5 Å². The summed E-state index contributed by atoms with van der Waals surface area (Å²) in [6.45, 7) is 2.35. The molecule has 4 N–H and O–H groups in total. The van der Waals surface area contributed by atoms with E-state index in [9.17, 15) is 19.2 Å². The Labute approximate surface area is 250 Å². The van der Waals surface area contributed by atoms with Crippen molar-refractivity contribution in [2.45, 2.75) is 13.3 Å². The van der Waals surface area contributed by atoms with Crippen molar-refractivity contribution < 1.29 is 34.5 Å². The van der Waals surface area contributed by atoms with Gasteiger partial charge < -0.3 is 20.6 Å². The maximum atomic E-state index is 12.1. The van der Waals surface area contributed by atoms with Crippen molar-refractivity contribution in [3.05, 3.63) is 123 Å². The van der Waals surface area contributed by atoms with Crippen molar-refractivity contribution in [1.29, 1.82) is 0 Å². The molecule has 4 aromatic rings. The maximum absolute atomic E-state index is 12.1. The SMILES string of the molecule is Cc1cccnc1NC(=O)c1ccccc1C(=O)O.O=C(O)c1cc(C(=O)O)cc(N2CCC(c3ccc(Cl)cc3)=N2)c1. The average molecular weight is 601 g/mol. The zero-order valence-corrected chi connectivity index (χ0v) is 23.4. The number of carboxylic acid groups (broad SMARTS) is 3. The van der Waals surface area contributed by atoms with Crippen LogP contribution in [0.2, 0.25) is 5.02 Å². The number of anilines is 2. The Bertz CT molecular complexity index is 1710. The molecular weight excluding hydrogens is 576 g/mol. The van der Waals surface area contributed by atoms with Crippen LogP contribution in [0.1, 0.15) is 59.0 Å². The van der Waals surface area contributed by atoms with E-state index >= 15 is 0 Å². The first kappa shape index (κ1) is 30.4. The summed E-state index contributed by atoms with van der Waals surface area (Å²) in [6, 6.07) is 20.9. The van der Waals surface area contributed by atoms with Crippen LogP contribution in [0.5, 0.6) is 0 Å². The Kier molecular flexibility index (Phi) is 9.48. The van der Waals surface area contributed by atoms with Crippen molar-refractivity contribution in [3.63, 3.8) is 0 Å². The Morgan fingerprint density at radius 2 is 1.44 bits per heavy atom. The van der Waals surface area contributed by atoms with Gasteiger partial charge in [0.2, 0.25) is 0 Å². The standard InChI is InChI=1S/C17H13ClN2O4.C14H12N2O3/c18-13-3-1-10(2-4-13)15-5-6-20(19-15)14-8-11(16(21)22)7-12(9-14)17(23)24;1-9-5-4-8-15-12(9)16-13(17)10-6-2-3-7-11(10)14(18)19/h1-4,7-9H,5-6H2,(H,21,22)(H,23,24);2-8H,1H3,(H,18,19)(H,15,16,17). The van der Waals surface area contributed by atoms with Gasteiger partial charge in [0.05, 0.1) is 33.7 Å². The van der Waals surface area contributed by atoms with E-state index in [1.54, 1.807) is 41.5 Å². The highest BCUT2D eigenvalue weighted by Crippen LogP contribution is 2.25. The molecule has 12 heteroatoms. The first-order valence-electron chi connectivity index (χ1n) is 12.8. The molecule has 5 rings (SSSR count). The van der Waals surface area contributed by atoms with Gasteiger partial charge in [0.15, 0.2) is 0 Å². The molecule has 0 fully saturated rings. The second-order valence-corrected chi connectivity index (χ2v) is 9.72. The number of hydrogen-bond donors (Lipinski definition) is 4. The quantitative estimate of drug-likeness (QED) is 0.208. The number of hydrazone groups is 1. The highest BCUT2D eigenvalue weighted by Gasteiger charge is 2.21. The maximum Gasteiger partial charge on any atom is 0.336 e. The Hall–Kier alpha value is -5.55. The summed E-state index contributed by atoms with van der Waals surface area (Å²) in [5, 5.41) is 36.7. The summed E-state index contributed by atoms with van der Waals surface area (Å²) in [6.07, 6.45) is 2.23. The predicted molar refractivity (Wildman–Crippen MR) is 161 cm³/mol. The highest BCUT2D eigenvalue weighted by atomic mass is 35.5. The fourth-order valence-corrected chi connectivity index (χ4v) is 4.28. The number of aromatic carboxylic acids is 3. The van der Waals surface area contributed by atoms with Crippen molar-refractivity contribution in [2.75, 3.05) is 16.9 Å². The first-order valence-corrected chi connectivity index (χ1v) is 13.2. The number of carbonyl (C=O) groups excluding carboxylic acids is 1. The minimum atomic E-state index is -1.18. The van der Waals surface area contributed by atoms with Crippen LogP contribution in [0.25, 0.3) is 0 Å². The molecule has 3 aromatic carbocycles. The summed E-state index contributed by atoms with van der Waals surface area (Å²) in [5.41, 5.74) is 2.92. The van der Waals surface area contributed by atoms with Gasteiger partial charge in [-0.05, 0) is 66.6 Å². The third kappa shape index (κ3) is 7.60. The summed E-state index contributed by atoms with van der Waals surface area (Å²) in [7, 11) is 0. The minimum absolute atomic E-state index is 0.0337. The number of carbonyl (C=O) groups is 4. The molecule has 0 spiro atoms. The van der Waals surface area contributed by atoms with Gasteiger partial charge in [-0.15, -0.1) is 0 Å². The molecular formula is C31H25ClN4O7. The lowest BCUT2D eigenvalue weighted by molar-refractivity contribution is 0.0681. The third-order valence-corrected chi connectivity index (χ3v) is 6.58. The lowest BCUT2D eigenvalue weighted by Crippen LogP contribution is -2.17. The Morgan fingerprint density at radius 3 is 2.02 bits per heavy atom. The van der Waals surface area contributed by atoms with Crippen LogP contribution in [0.3, 0.4) is 0 Å². The fourth-order valence-electron chi connectivity index (χ4n) is 4.15. The second-order valence-electron chi connectivity index (χ2n) is 9.28.